The van der Waals surface area contributed by atoms with E-state index in [-0.39, 0.29) is 39.6 Å². The van der Waals surface area contributed by atoms with Crippen molar-refractivity contribution in [1.82, 2.24) is 0 Å². The van der Waals surface area contributed by atoms with Crippen LogP contribution >= 0.6 is 7.81 Å². The van der Waals surface area contributed by atoms with Gasteiger partial charge in [-0.1, -0.05) is 156 Å². The van der Waals surface area contributed by atoms with E-state index in [0.717, 1.165) is 176 Å². The van der Waals surface area contributed by atoms with Crippen LogP contribution in [0.5, 0.6) is 34.5 Å². The van der Waals surface area contributed by atoms with E-state index in [1.54, 1.807) is 0 Å². The summed E-state index contributed by atoms with van der Waals surface area (Å²) in [6.45, 7) is 47.5. The molecule has 0 amide bonds. The van der Waals surface area contributed by atoms with Crippen LogP contribution in [-0.2, 0) is 146 Å². The SMILES string of the molecule is CCCOc1c(OCCC)c2c3ccccc3c1COCc1c(CC)c3c(CC)c(c1CC)COCc1c(OCCC)c(OCCC)c(c4ccccc14)COCc1c(CC)c(c(CC)c(c1CC)COCc1c(OCCC)c(OCCC)c(c4ccccc14)COC3)COC2.CC[N+](CC)(CC)CC.F[P-](F)(F)(F)(F)F. The predicted molar refractivity (Wildman–Crippen MR) is 443 cm³/mol. The molecule has 13 rings (SSSR count). The third-order valence-corrected chi connectivity index (χ3v) is 21.8. The fourth-order valence-corrected chi connectivity index (χ4v) is 16.2. The van der Waals surface area contributed by atoms with Gasteiger partial charge in [-0.3, -0.25) is 0 Å². The van der Waals surface area contributed by atoms with Crippen molar-refractivity contribution in [3.63, 3.8) is 0 Å². The van der Waals surface area contributed by atoms with Gasteiger partial charge >= 0.3 is 33.0 Å². The van der Waals surface area contributed by atoms with Crippen LogP contribution in [0, 0.1) is 0 Å². The van der Waals surface area contributed by atoms with Crippen molar-refractivity contribution >= 4 is 40.1 Å². The normalized spacial score (nSPS) is 14.6. The Morgan fingerprint density at radius 2 is 0.375 bits per heavy atom. The van der Waals surface area contributed by atoms with E-state index in [2.05, 4.69) is 184 Å². The summed E-state index contributed by atoms with van der Waals surface area (Å²) in [5.74, 6) is 4.29. The van der Waals surface area contributed by atoms with Crippen molar-refractivity contribution in [3.05, 3.63) is 173 Å². The maximum absolute atomic E-state index is 10.7. The van der Waals surface area contributed by atoms with Gasteiger partial charge in [0.1, 0.15) is 0 Å². The molecule has 5 aliphatic heterocycles. The van der Waals surface area contributed by atoms with Crippen LogP contribution in [0.15, 0.2) is 72.8 Å². The second kappa shape index (κ2) is 42.1. The van der Waals surface area contributed by atoms with Crippen LogP contribution in [0.4, 0.5) is 25.2 Å². The zero-order chi connectivity index (χ0) is 81.2. The van der Waals surface area contributed by atoms with Gasteiger partial charge in [0.05, 0.1) is 145 Å². The number of hydrogen-bond acceptors (Lipinski definition) is 12. The van der Waals surface area contributed by atoms with Crippen LogP contribution in [-0.4, -0.2) is 70.3 Å². The summed E-state index contributed by atoms with van der Waals surface area (Å²) in [6, 6.07) is 25.9. The van der Waals surface area contributed by atoms with Crippen LogP contribution in [0.2, 0.25) is 0 Å². The molecule has 8 aromatic carbocycles. The number of rotatable bonds is 28. The van der Waals surface area contributed by atoms with Gasteiger partial charge in [0.25, 0.3) is 0 Å². The molecule has 13 nitrogen and oxygen atoms in total. The monoisotopic (exact) mass is 1580 g/mol. The summed E-state index contributed by atoms with van der Waals surface area (Å²) in [5.41, 5.74) is 20.1. The first-order chi connectivity index (χ1) is 53.9. The van der Waals surface area contributed by atoms with Gasteiger partial charge in [-0.05, 0) is 204 Å². The number of quaternary nitrogens is 1. The third kappa shape index (κ3) is 22.6. The molecule has 0 atom stereocenters. The van der Waals surface area contributed by atoms with Crippen LogP contribution < -0.4 is 28.4 Å². The molecule has 8 aromatic rings. The predicted octanol–water partition coefficient (Wildman–Crippen LogP) is 25.4. The second-order valence-electron chi connectivity index (χ2n) is 29.0. The second-order valence-corrected chi connectivity index (χ2v) is 30.9. The summed E-state index contributed by atoms with van der Waals surface area (Å²) < 4.78 is 146. The molecule has 0 unspecified atom stereocenters. The number of ether oxygens (including phenoxy) is 12. The molecule has 620 valence electrons. The fourth-order valence-electron chi connectivity index (χ4n) is 16.2. The Balaban J connectivity index is 0.000000886. The molecule has 5 aliphatic rings. The summed E-state index contributed by atoms with van der Waals surface area (Å²) in [5, 5.41) is 6.31. The van der Waals surface area contributed by atoms with Gasteiger partial charge in [0.15, 0.2) is 34.5 Å². The Morgan fingerprint density at radius 1 is 0.241 bits per heavy atom. The van der Waals surface area contributed by atoms with Gasteiger partial charge in [0.2, 0.25) is 0 Å². The summed E-state index contributed by atoms with van der Waals surface area (Å²) in [6.07, 6.45) is 9.50. The maximum atomic E-state index is 9.87. The molecule has 0 radical (unpaired) electrons. The molecule has 12 bridgehead atoms. The van der Waals surface area contributed by atoms with E-state index in [1.165, 1.54) is 64.0 Å². The van der Waals surface area contributed by atoms with Gasteiger partial charge in [0, 0.05) is 33.4 Å². The standard InChI is InChI=1S/C84H108O12.C8H20N.F6P/c1-13-37-91-79-73-49-85-43-67-55(19-7)69-45-87-51-75-63-33-27-29-35-65(63)77(83(95-41-17-5)81(75)93-39-15-3)53-89-47-71-57(21-9)68(44-86-50-74(80(79)92-38-14-2)62-32-26-25-31-61(62)73)58(22-10)72(60(71)24-12)48-90-54-78-66-36-30-28-34-64(66)76(82(94-40-16-4)84(78)96-42-18-6)52-88-46-70(56(67)20-8)59(69)23-11;1-5-9(6-2,7-3)8-4;1-7(2,3,4,5)6/h25-36H,13-24,37-54H2,1-12H3;5-8H2,1-4H3;/q;+1;-1. The van der Waals surface area contributed by atoms with Crippen molar-refractivity contribution in [3.8, 4) is 34.5 Å². The number of nitrogens with zero attached hydrogens (tertiary/aromatic N) is 1. The number of halogens is 6. The zero-order valence-corrected chi connectivity index (χ0v) is 70.9. The summed E-state index contributed by atoms with van der Waals surface area (Å²) in [7, 11) is -10.7. The molecule has 112 heavy (non-hydrogen) atoms. The van der Waals surface area contributed by atoms with Crippen molar-refractivity contribution in [2.45, 2.75) is 267 Å². The van der Waals surface area contributed by atoms with Crippen molar-refractivity contribution in [1.29, 1.82) is 0 Å². The summed E-state index contributed by atoms with van der Waals surface area (Å²) >= 11 is 0. The fraction of sp³-hybridized carbons (Fsp3) is 0.543. The summed E-state index contributed by atoms with van der Waals surface area (Å²) in [4.78, 5) is 0. The molecule has 0 saturated carbocycles. The van der Waals surface area contributed by atoms with Crippen LogP contribution in [0.25, 0.3) is 32.3 Å². The van der Waals surface area contributed by atoms with E-state index in [1.807, 2.05) is 0 Å². The number of hydrogen-bond donors (Lipinski definition) is 0. The van der Waals surface area contributed by atoms with Crippen molar-refractivity contribution in [2.75, 3.05) is 65.8 Å². The molecule has 20 heteroatoms. The number of fused-ring (bicyclic) bond motifs is 2. The number of benzene rings is 8. The molecular weight excluding hydrogens is 1460 g/mol. The Bertz CT molecular complexity index is 3670. The van der Waals surface area contributed by atoms with Gasteiger partial charge in [-0.25, -0.2) is 0 Å². The molecule has 0 aromatic heterocycles. The first kappa shape index (κ1) is 90.6. The average Bonchev–Trinajstić information content (AvgIpc) is 0.774. The Kier molecular flexibility index (Phi) is 34.1. The minimum atomic E-state index is -10.7. The Labute approximate surface area is 663 Å². The van der Waals surface area contributed by atoms with Gasteiger partial charge < -0.3 is 61.3 Å². The molecule has 0 saturated heterocycles. The van der Waals surface area contributed by atoms with E-state index in [9.17, 15) is 25.2 Å². The molecule has 0 spiro atoms. The van der Waals surface area contributed by atoms with E-state index in [0.29, 0.717) is 114 Å². The van der Waals surface area contributed by atoms with Crippen LogP contribution in [0.1, 0.15) is 249 Å². The first-order valence-corrected chi connectivity index (χ1v) is 43.6. The molecule has 0 aliphatic carbocycles. The topological polar surface area (TPSA) is 111 Å². The van der Waals surface area contributed by atoms with Crippen molar-refractivity contribution < 1.29 is 86.5 Å². The quantitative estimate of drug-likeness (QED) is 0.0264. The Morgan fingerprint density at radius 3 is 0.482 bits per heavy atom. The van der Waals surface area contributed by atoms with Crippen LogP contribution in [0.3, 0.4) is 0 Å². The van der Waals surface area contributed by atoms with Gasteiger partial charge in [-0.2, -0.15) is 0 Å². The molecule has 0 N–H and O–H groups in total. The average molecular weight is 1580 g/mol. The third-order valence-electron chi connectivity index (χ3n) is 21.8. The zero-order valence-electron chi connectivity index (χ0n) is 70.0. The van der Waals surface area contributed by atoms with E-state index >= 15 is 0 Å². The van der Waals surface area contributed by atoms with Gasteiger partial charge in [-0.15, -0.1) is 0 Å². The Hall–Kier alpha value is -6.93. The molecule has 5 heterocycles. The van der Waals surface area contributed by atoms with Crippen molar-refractivity contribution in [2.24, 2.45) is 0 Å². The van der Waals surface area contributed by atoms with E-state index in [4.69, 9.17) is 56.8 Å². The van der Waals surface area contributed by atoms with E-state index < -0.39 is 7.81 Å². The first-order valence-electron chi connectivity index (χ1n) is 41.6. The molecular formula is C92H128F6NO12P. The molecule has 0 fully saturated rings. The minimum absolute atomic E-state index is 0.278.